The van der Waals surface area contributed by atoms with E-state index in [9.17, 15) is 14.7 Å². The number of Topliss-reactive ketones (excluding diaryl/α,β-unsaturated/α-hetero) is 1. The maximum atomic E-state index is 12.5. The standard InChI is InChI=1S/C17H17N3O4/c1-3-20(4-2)16-13(17(22)23)14(21)12(24-16)8-10-9-19-15-11(10)6-5-7-18-15/h5-9H,3-4H2,1-2H3,(H,18,19)(H,22,23). The third-order valence-corrected chi connectivity index (χ3v) is 3.91. The number of nitrogens with zero attached hydrogens (tertiary/aromatic N) is 2. The first kappa shape index (κ1) is 15.8. The summed E-state index contributed by atoms with van der Waals surface area (Å²) in [6.07, 6.45) is 4.91. The number of allylic oxidation sites excluding steroid dienone is 1. The van der Waals surface area contributed by atoms with Crippen molar-refractivity contribution in [2.24, 2.45) is 0 Å². The van der Waals surface area contributed by atoms with Crippen molar-refractivity contribution in [2.45, 2.75) is 13.8 Å². The smallest absolute Gasteiger partial charge is 0.345 e. The molecule has 0 bridgehead atoms. The summed E-state index contributed by atoms with van der Waals surface area (Å²) in [7, 11) is 0. The number of carbonyl (C=O) groups is 2. The van der Waals surface area contributed by atoms with Crippen LogP contribution in [0.3, 0.4) is 0 Å². The highest BCUT2D eigenvalue weighted by molar-refractivity contribution is 6.26. The second-order valence-corrected chi connectivity index (χ2v) is 5.24. The number of carboxylic acids is 1. The lowest BCUT2D eigenvalue weighted by atomic mass is 10.1. The van der Waals surface area contributed by atoms with Crippen molar-refractivity contribution in [1.29, 1.82) is 0 Å². The number of hydrogen-bond acceptors (Lipinski definition) is 5. The number of ketones is 1. The first-order chi connectivity index (χ1) is 11.6. The van der Waals surface area contributed by atoms with Gasteiger partial charge in [0.15, 0.2) is 11.3 Å². The highest BCUT2D eigenvalue weighted by Crippen LogP contribution is 2.30. The Morgan fingerprint density at radius 1 is 1.42 bits per heavy atom. The van der Waals surface area contributed by atoms with Crippen molar-refractivity contribution < 1.29 is 19.4 Å². The molecular formula is C17H17N3O4. The summed E-state index contributed by atoms with van der Waals surface area (Å²) < 4.78 is 5.62. The molecule has 0 radical (unpaired) electrons. The fourth-order valence-corrected chi connectivity index (χ4v) is 2.68. The fourth-order valence-electron chi connectivity index (χ4n) is 2.68. The van der Waals surface area contributed by atoms with Crippen LogP contribution in [0.5, 0.6) is 0 Å². The summed E-state index contributed by atoms with van der Waals surface area (Å²) in [4.78, 5) is 32.9. The number of H-pyrrole nitrogens is 1. The van der Waals surface area contributed by atoms with Gasteiger partial charge in [-0.15, -0.1) is 0 Å². The average molecular weight is 327 g/mol. The van der Waals surface area contributed by atoms with Crippen LogP contribution in [-0.4, -0.2) is 44.8 Å². The average Bonchev–Trinajstić information content (AvgIpc) is 3.11. The maximum Gasteiger partial charge on any atom is 0.345 e. The van der Waals surface area contributed by atoms with Gasteiger partial charge in [-0.1, -0.05) is 0 Å². The molecule has 2 aromatic rings. The Kier molecular flexibility index (Phi) is 4.07. The Morgan fingerprint density at radius 3 is 2.83 bits per heavy atom. The molecule has 7 heteroatoms. The first-order valence-corrected chi connectivity index (χ1v) is 7.65. The largest absolute Gasteiger partial charge is 0.477 e. The van der Waals surface area contributed by atoms with Crippen LogP contribution in [0.2, 0.25) is 0 Å². The van der Waals surface area contributed by atoms with Crippen LogP contribution in [0.1, 0.15) is 19.4 Å². The van der Waals surface area contributed by atoms with Crippen molar-refractivity contribution in [1.82, 2.24) is 14.9 Å². The number of aromatic amines is 1. The van der Waals surface area contributed by atoms with E-state index in [1.54, 1.807) is 29.4 Å². The molecule has 2 aromatic heterocycles. The molecule has 0 saturated heterocycles. The summed E-state index contributed by atoms with van der Waals surface area (Å²) >= 11 is 0. The van der Waals surface area contributed by atoms with E-state index in [2.05, 4.69) is 9.97 Å². The molecule has 0 atom stereocenters. The van der Waals surface area contributed by atoms with Gasteiger partial charge in [0.05, 0.1) is 0 Å². The molecule has 3 rings (SSSR count). The van der Waals surface area contributed by atoms with Crippen LogP contribution in [0.15, 0.2) is 41.7 Å². The van der Waals surface area contributed by atoms with Gasteiger partial charge in [0.1, 0.15) is 5.65 Å². The predicted molar refractivity (Wildman–Crippen MR) is 87.7 cm³/mol. The molecule has 0 spiro atoms. The third-order valence-electron chi connectivity index (χ3n) is 3.91. The SMILES string of the molecule is CCN(CC)C1=C(C(=O)O)C(=O)C(=Cc2c[nH]c3ncccc23)O1. The monoisotopic (exact) mass is 327 g/mol. The molecule has 0 aromatic carbocycles. The van der Waals surface area contributed by atoms with Gasteiger partial charge in [0.25, 0.3) is 0 Å². The predicted octanol–water partition coefficient (Wildman–Crippen LogP) is 2.14. The normalized spacial score (nSPS) is 16.1. The number of nitrogens with one attached hydrogen (secondary N) is 1. The van der Waals surface area contributed by atoms with E-state index in [1.165, 1.54) is 0 Å². The van der Waals surface area contributed by atoms with E-state index >= 15 is 0 Å². The van der Waals surface area contributed by atoms with Crippen LogP contribution in [0.25, 0.3) is 17.1 Å². The van der Waals surface area contributed by atoms with Gasteiger partial charge in [-0.3, -0.25) is 4.79 Å². The van der Waals surface area contributed by atoms with Gasteiger partial charge in [-0.05, 0) is 32.1 Å². The van der Waals surface area contributed by atoms with Crippen molar-refractivity contribution in [3.63, 3.8) is 0 Å². The Morgan fingerprint density at radius 2 is 2.17 bits per heavy atom. The Balaban J connectivity index is 2.03. The zero-order valence-corrected chi connectivity index (χ0v) is 13.4. The third kappa shape index (κ3) is 2.54. The van der Waals surface area contributed by atoms with Gasteiger partial charge < -0.3 is 19.7 Å². The first-order valence-electron chi connectivity index (χ1n) is 7.65. The van der Waals surface area contributed by atoms with Crippen LogP contribution < -0.4 is 0 Å². The number of fused-ring (bicyclic) bond motifs is 1. The van der Waals surface area contributed by atoms with Crippen LogP contribution >= 0.6 is 0 Å². The molecule has 3 heterocycles. The lowest BCUT2D eigenvalue weighted by Gasteiger charge is -2.21. The number of rotatable bonds is 5. The molecule has 0 aliphatic carbocycles. The summed E-state index contributed by atoms with van der Waals surface area (Å²) in [5, 5.41) is 10.2. The minimum absolute atomic E-state index is 0.000877. The molecule has 124 valence electrons. The van der Waals surface area contributed by atoms with Gasteiger partial charge >= 0.3 is 5.97 Å². The number of hydrogen-bond donors (Lipinski definition) is 2. The molecular weight excluding hydrogens is 310 g/mol. The van der Waals surface area contributed by atoms with Crippen molar-refractivity contribution in [3.05, 3.63) is 47.3 Å². The van der Waals surface area contributed by atoms with Gasteiger partial charge in [0, 0.05) is 36.4 Å². The van der Waals surface area contributed by atoms with E-state index in [0.29, 0.717) is 24.3 Å². The molecule has 24 heavy (non-hydrogen) atoms. The minimum Gasteiger partial charge on any atom is -0.477 e. The van der Waals surface area contributed by atoms with Crippen LogP contribution in [0, 0.1) is 0 Å². The fraction of sp³-hybridized carbons (Fsp3) is 0.235. The summed E-state index contributed by atoms with van der Waals surface area (Å²) in [6, 6.07) is 3.65. The van der Waals surface area contributed by atoms with Crippen LogP contribution in [0.4, 0.5) is 0 Å². The highest BCUT2D eigenvalue weighted by atomic mass is 16.5. The van der Waals surface area contributed by atoms with Crippen LogP contribution in [-0.2, 0) is 14.3 Å². The minimum atomic E-state index is -1.29. The second-order valence-electron chi connectivity index (χ2n) is 5.24. The molecule has 0 unspecified atom stereocenters. The summed E-state index contributed by atoms with van der Waals surface area (Å²) in [6.45, 7) is 4.83. The number of carboxylic acid groups (broad SMARTS) is 1. The molecule has 7 nitrogen and oxygen atoms in total. The number of aliphatic carboxylic acids is 1. The van der Waals surface area contributed by atoms with Gasteiger partial charge in [-0.25, -0.2) is 9.78 Å². The lowest BCUT2D eigenvalue weighted by molar-refractivity contribution is -0.134. The quantitative estimate of drug-likeness (QED) is 0.645. The number of ether oxygens (including phenoxy) is 1. The zero-order chi connectivity index (χ0) is 17.3. The molecule has 1 aliphatic heterocycles. The molecule has 2 N–H and O–H groups in total. The van der Waals surface area contributed by atoms with Crippen molar-refractivity contribution in [3.8, 4) is 0 Å². The van der Waals surface area contributed by atoms with Gasteiger partial charge in [0.2, 0.25) is 11.7 Å². The number of carbonyl (C=O) groups excluding carboxylic acids is 1. The van der Waals surface area contributed by atoms with Crippen molar-refractivity contribution >= 4 is 28.9 Å². The lowest BCUT2D eigenvalue weighted by Crippen LogP contribution is -2.24. The van der Waals surface area contributed by atoms with E-state index in [4.69, 9.17) is 4.74 Å². The molecule has 0 saturated carbocycles. The van der Waals surface area contributed by atoms with Crippen molar-refractivity contribution in [2.75, 3.05) is 13.1 Å². The molecule has 0 amide bonds. The number of pyridine rings is 1. The Bertz CT molecular complexity index is 875. The summed E-state index contributed by atoms with van der Waals surface area (Å²) in [5.41, 5.74) is 1.07. The van der Waals surface area contributed by atoms with Gasteiger partial charge in [-0.2, -0.15) is 0 Å². The topological polar surface area (TPSA) is 95.5 Å². The number of aromatic nitrogens is 2. The maximum absolute atomic E-state index is 12.5. The van der Waals surface area contributed by atoms with E-state index in [-0.39, 0.29) is 17.2 Å². The summed E-state index contributed by atoms with van der Waals surface area (Å²) in [5.74, 6) is -1.81. The molecule has 1 aliphatic rings. The Hall–Kier alpha value is -3.09. The Labute approximate surface area is 138 Å². The molecule has 0 fully saturated rings. The van der Waals surface area contributed by atoms with E-state index in [0.717, 1.165) is 5.39 Å². The van der Waals surface area contributed by atoms with E-state index in [1.807, 2.05) is 19.9 Å². The highest BCUT2D eigenvalue weighted by Gasteiger charge is 2.37. The van der Waals surface area contributed by atoms with E-state index < -0.39 is 11.8 Å². The zero-order valence-electron chi connectivity index (χ0n) is 13.4. The second kappa shape index (κ2) is 6.19.